The van der Waals surface area contributed by atoms with Crippen molar-refractivity contribution < 1.29 is 72.8 Å². The molecule has 13 nitrogen and oxygen atoms in total. The summed E-state index contributed by atoms with van der Waals surface area (Å²) in [5.41, 5.74) is 0. The lowest BCUT2D eigenvalue weighted by molar-refractivity contribution is -0.256. The Kier molecular flexibility index (Phi) is 16.4. The second-order valence-electron chi connectivity index (χ2n) is 5.28. The molecule has 0 spiro atoms. The minimum Gasteiger partial charge on any atom is -0.481 e. The van der Waals surface area contributed by atoms with Crippen molar-refractivity contribution in [1.29, 1.82) is 0 Å². The number of carbonyl (C=O) groups excluding carboxylic acids is 1. The third-order valence-corrected chi connectivity index (χ3v) is 2.46. The van der Waals surface area contributed by atoms with Crippen LogP contribution in [0.3, 0.4) is 0 Å². The van der Waals surface area contributed by atoms with Crippen LogP contribution < -0.4 is 5.32 Å². The summed E-state index contributed by atoms with van der Waals surface area (Å²) in [7, 11) is 0. The van der Waals surface area contributed by atoms with Gasteiger partial charge in [0, 0.05) is 20.8 Å². The van der Waals surface area contributed by atoms with Crippen molar-refractivity contribution in [3.8, 4) is 0 Å². The maximum Gasteiger partial charge on any atom is 0.471 e. The molecule has 1 amide bonds. The average Bonchev–Trinajstić information content (AvgIpc) is 2.52. The van der Waals surface area contributed by atoms with Gasteiger partial charge in [-0.05, 0) is 0 Å². The first-order valence-corrected chi connectivity index (χ1v) is 7.65. The number of aliphatic hydroxyl groups is 4. The largest absolute Gasteiger partial charge is 0.481 e. The summed E-state index contributed by atoms with van der Waals surface area (Å²) in [5.74, 6) is -4.89. The molecule has 0 aromatic carbocycles. The van der Waals surface area contributed by atoms with Gasteiger partial charge in [-0.1, -0.05) is 0 Å². The molecule has 1 fully saturated rings. The Bertz CT molecular complexity index is 516. The van der Waals surface area contributed by atoms with Crippen molar-refractivity contribution in [3.63, 3.8) is 0 Å². The van der Waals surface area contributed by atoms with Gasteiger partial charge < -0.3 is 45.8 Å². The second-order valence-corrected chi connectivity index (χ2v) is 5.28. The molecule has 8 N–H and O–H groups in total. The van der Waals surface area contributed by atoms with E-state index >= 15 is 0 Å². The molecule has 1 rings (SSSR count). The van der Waals surface area contributed by atoms with Crippen molar-refractivity contribution in [2.45, 2.75) is 57.6 Å². The minimum atomic E-state index is -5.20. The molecule has 0 radical (unpaired) electrons. The topological polar surface area (TPSA) is 231 Å². The van der Waals surface area contributed by atoms with Crippen molar-refractivity contribution in [2.24, 2.45) is 0 Å². The number of amides is 1. The maximum absolute atomic E-state index is 12.0. The Hall–Kier alpha value is -2.53. The molecule has 0 aromatic heterocycles. The van der Waals surface area contributed by atoms with Gasteiger partial charge in [-0.15, -0.1) is 0 Å². The van der Waals surface area contributed by atoms with Gasteiger partial charge in [0.1, 0.15) is 24.4 Å². The average molecular weight is 455 g/mol. The number of hydrogen-bond acceptors (Lipinski definition) is 9. The quantitative estimate of drug-likeness (QED) is 0.220. The number of carboxylic acid groups (broad SMARTS) is 3. The van der Waals surface area contributed by atoms with E-state index in [1.165, 1.54) is 5.32 Å². The molecular formula is C14H24F3NO12. The molecule has 16 heteroatoms. The van der Waals surface area contributed by atoms with Crippen molar-refractivity contribution >= 4 is 23.8 Å². The van der Waals surface area contributed by atoms with Gasteiger partial charge >= 0.3 is 12.1 Å². The highest BCUT2D eigenvalue weighted by atomic mass is 19.4. The molecule has 30 heavy (non-hydrogen) atoms. The van der Waals surface area contributed by atoms with E-state index in [0.29, 0.717) is 0 Å². The second kappa shape index (κ2) is 15.3. The fourth-order valence-corrected chi connectivity index (χ4v) is 1.49. The molecule has 0 aromatic rings. The van der Waals surface area contributed by atoms with E-state index in [-0.39, 0.29) is 0 Å². The first-order chi connectivity index (χ1) is 13.4. The first kappa shape index (κ1) is 32.1. The molecular weight excluding hydrogens is 431 g/mol. The summed E-state index contributed by atoms with van der Waals surface area (Å²) >= 11 is 0. The highest BCUT2D eigenvalue weighted by Gasteiger charge is 2.48. The predicted molar refractivity (Wildman–Crippen MR) is 87.9 cm³/mol. The Morgan fingerprint density at radius 1 is 0.867 bits per heavy atom. The van der Waals surface area contributed by atoms with E-state index in [1.54, 1.807) is 0 Å². The number of rotatable bonds is 2. The fourth-order valence-electron chi connectivity index (χ4n) is 1.49. The van der Waals surface area contributed by atoms with Crippen LogP contribution in [-0.4, -0.2) is 103 Å². The Balaban J connectivity index is -0.000000498. The van der Waals surface area contributed by atoms with E-state index in [1.807, 2.05) is 0 Å². The Morgan fingerprint density at radius 2 is 1.20 bits per heavy atom. The zero-order valence-corrected chi connectivity index (χ0v) is 15.9. The summed E-state index contributed by atoms with van der Waals surface area (Å²) in [4.78, 5) is 37.6. The third-order valence-electron chi connectivity index (χ3n) is 2.46. The number of nitrogens with one attached hydrogen (secondary N) is 1. The number of hydrogen-bond donors (Lipinski definition) is 8. The van der Waals surface area contributed by atoms with Crippen LogP contribution in [0.15, 0.2) is 0 Å². The van der Waals surface area contributed by atoms with Gasteiger partial charge in [0.2, 0.25) is 0 Å². The van der Waals surface area contributed by atoms with Crippen LogP contribution in [0.5, 0.6) is 0 Å². The molecule has 1 saturated heterocycles. The maximum atomic E-state index is 12.0. The van der Waals surface area contributed by atoms with Gasteiger partial charge in [-0.25, -0.2) is 0 Å². The highest BCUT2D eigenvalue weighted by molar-refractivity contribution is 5.82. The molecule has 1 aliphatic heterocycles. The molecule has 0 saturated carbocycles. The fraction of sp³-hybridized carbons (Fsp3) is 0.714. The summed E-state index contributed by atoms with van der Waals surface area (Å²) in [6, 6.07) is -1.85. The van der Waals surface area contributed by atoms with E-state index < -0.39 is 67.2 Å². The van der Waals surface area contributed by atoms with Gasteiger partial charge in [0.15, 0.2) is 6.29 Å². The van der Waals surface area contributed by atoms with Crippen LogP contribution in [0.2, 0.25) is 0 Å². The van der Waals surface area contributed by atoms with E-state index in [2.05, 4.69) is 4.74 Å². The van der Waals surface area contributed by atoms with Crippen molar-refractivity contribution in [2.75, 3.05) is 6.61 Å². The number of aliphatic carboxylic acids is 3. The summed E-state index contributed by atoms with van der Waals surface area (Å²) < 4.78 is 40.5. The van der Waals surface area contributed by atoms with Gasteiger partial charge in [0.05, 0.1) is 6.61 Å². The molecule has 0 bridgehead atoms. The number of carbonyl (C=O) groups is 4. The van der Waals surface area contributed by atoms with Crippen LogP contribution in [0.1, 0.15) is 20.8 Å². The van der Waals surface area contributed by atoms with E-state index in [4.69, 9.17) is 34.8 Å². The summed E-state index contributed by atoms with van der Waals surface area (Å²) in [6.07, 6.45) is -12.2. The van der Waals surface area contributed by atoms with Crippen LogP contribution >= 0.6 is 0 Å². The molecule has 1 heterocycles. The monoisotopic (exact) mass is 455 g/mol. The van der Waals surface area contributed by atoms with Crippen LogP contribution in [-0.2, 0) is 23.9 Å². The zero-order chi connectivity index (χ0) is 24.8. The number of halogens is 3. The predicted octanol–water partition coefficient (Wildman–Crippen LogP) is -2.26. The molecule has 0 aliphatic carbocycles. The number of ether oxygens (including phenoxy) is 1. The number of alkyl halides is 3. The number of aliphatic hydroxyl groups excluding tert-OH is 4. The SMILES string of the molecule is CC(=O)O.CC(=O)O.CC(=O)O.O=C(N[C@H]1C(O)O[C@H](CO)[C@H](O)[C@@H]1O)C(F)(F)F. The van der Waals surface area contributed by atoms with Crippen LogP contribution in [0, 0.1) is 0 Å². The lowest BCUT2D eigenvalue weighted by Gasteiger charge is -2.40. The van der Waals surface area contributed by atoms with E-state index in [9.17, 15) is 33.3 Å². The summed E-state index contributed by atoms with van der Waals surface area (Å²) in [6.45, 7) is 2.50. The van der Waals surface area contributed by atoms with Crippen LogP contribution in [0.25, 0.3) is 0 Å². The lowest BCUT2D eigenvalue weighted by Crippen LogP contribution is -2.65. The Morgan fingerprint density at radius 3 is 1.47 bits per heavy atom. The standard InChI is InChI=1S/C8H12F3NO6.3C2H4O2/c9-8(10,11)7(17)12-3-5(15)4(14)2(1-13)18-6(3)16;3*1-2(3)4/h2-6,13-16H,1H2,(H,12,17);3*1H3,(H,3,4)/t2-,3-,4+,5-,6?;;;/m1.../s1. The number of carboxylic acids is 3. The normalized spacial score (nSPS) is 24.9. The molecule has 1 unspecified atom stereocenters. The lowest BCUT2D eigenvalue weighted by atomic mass is 9.97. The third kappa shape index (κ3) is 17.6. The van der Waals surface area contributed by atoms with Gasteiger partial charge in [0.25, 0.3) is 17.9 Å². The van der Waals surface area contributed by atoms with Crippen molar-refractivity contribution in [1.82, 2.24) is 5.32 Å². The van der Waals surface area contributed by atoms with Crippen LogP contribution in [0.4, 0.5) is 13.2 Å². The smallest absolute Gasteiger partial charge is 0.471 e. The minimum absolute atomic E-state index is 0.755. The first-order valence-electron chi connectivity index (χ1n) is 7.65. The summed E-state index contributed by atoms with van der Waals surface area (Å²) in [5, 5.41) is 60.4. The molecule has 178 valence electrons. The zero-order valence-electron chi connectivity index (χ0n) is 15.9. The Labute approximate surface area is 167 Å². The highest BCUT2D eigenvalue weighted by Crippen LogP contribution is 2.21. The molecule has 5 atom stereocenters. The van der Waals surface area contributed by atoms with Crippen molar-refractivity contribution in [3.05, 3.63) is 0 Å². The molecule has 1 aliphatic rings. The van der Waals surface area contributed by atoms with E-state index in [0.717, 1.165) is 20.8 Å². The van der Waals surface area contributed by atoms with Gasteiger partial charge in [-0.3, -0.25) is 19.2 Å². The van der Waals surface area contributed by atoms with Gasteiger partial charge in [-0.2, -0.15) is 13.2 Å².